The van der Waals surface area contributed by atoms with Gasteiger partial charge < -0.3 is 9.88 Å². The molecular weight excluding hydrogens is 333 g/mol. The second-order valence-electron chi connectivity index (χ2n) is 7.85. The van der Waals surface area contributed by atoms with Gasteiger partial charge in [-0.25, -0.2) is 4.39 Å². The molecular formula is C19H22FN5O. The average Bonchev–Trinajstić information content (AvgIpc) is 3.19. The van der Waals surface area contributed by atoms with Gasteiger partial charge in [-0.1, -0.05) is 12.1 Å². The molecule has 3 heterocycles. The molecule has 1 aliphatic carbocycles. The van der Waals surface area contributed by atoms with Gasteiger partial charge in [0.2, 0.25) is 5.82 Å². The van der Waals surface area contributed by atoms with Crippen LogP contribution >= 0.6 is 0 Å². The van der Waals surface area contributed by atoms with Crippen molar-refractivity contribution in [2.45, 2.75) is 38.4 Å². The Kier molecular flexibility index (Phi) is 3.77. The van der Waals surface area contributed by atoms with Crippen LogP contribution in [-0.4, -0.2) is 44.7 Å². The van der Waals surface area contributed by atoms with E-state index in [4.69, 9.17) is 0 Å². The predicted molar refractivity (Wildman–Crippen MR) is 92.9 cm³/mol. The Balaban J connectivity index is 1.28. The van der Waals surface area contributed by atoms with E-state index in [9.17, 15) is 9.18 Å². The lowest BCUT2D eigenvalue weighted by atomic mass is 9.89. The van der Waals surface area contributed by atoms with Gasteiger partial charge in [0.05, 0.1) is 0 Å². The molecule has 0 radical (unpaired) electrons. The maximum atomic E-state index is 13.4. The lowest BCUT2D eigenvalue weighted by molar-refractivity contribution is 0.0932. The standard InChI is InChI=1S/C19H22FN5O/c20-15-3-1-2-12(6-15)8-24-9-13-7-17-22-23-18(19(26)21-16-4-5-16)25(17)11-14(13)10-24/h1-3,6,13-14,16H,4-5,7-11H2,(H,21,26)/t13-,14+/m1/s1. The lowest BCUT2D eigenvalue weighted by Crippen LogP contribution is -2.33. The van der Waals surface area contributed by atoms with Crippen LogP contribution < -0.4 is 5.32 Å². The third kappa shape index (κ3) is 3.00. The molecule has 1 aromatic carbocycles. The number of rotatable bonds is 4. The van der Waals surface area contributed by atoms with Crippen LogP contribution in [0.4, 0.5) is 4.39 Å². The van der Waals surface area contributed by atoms with Crippen molar-refractivity contribution in [1.82, 2.24) is 25.0 Å². The Bertz CT molecular complexity index is 846. The normalized spacial score (nSPS) is 25.0. The number of aromatic nitrogens is 3. The maximum Gasteiger partial charge on any atom is 0.289 e. The second kappa shape index (κ2) is 6.16. The number of benzene rings is 1. The number of nitrogens with zero attached hydrogens (tertiary/aromatic N) is 4. The molecule has 26 heavy (non-hydrogen) atoms. The highest BCUT2D eigenvalue weighted by Crippen LogP contribution is 2.33. The minimum atomic E-state index is -0.184. The quantitative estimate of drug-likeness (QED) is 0.905. The number of halogens is 1. The molecule has 2 aliphatic heterocycles. The molecule has 136 valence electrons. The van der Waals surface area contributed by atoms with Crippen LogP contribution in [0.1, 0.15) is 34.8 Å². The maximum absolute atomic E-state index is 13.4. The van der Waals surface area contributed by atoms with Gasteiger partial charge >= 0.3 is 0 Å². The fraction of sp³-hybridized carbons (Fsp3) is 0.526. The van der Waals surface area contributed by atoms with E-state index in [0.29, 0.717) is 23.7 Å². The molecule has 1 amide bonds. The van der Waals surface area contributed by atoms with E-state index < -0.39 is 0 Å². The SMILES string of the molecule is O=C(NC1CC1)c1nnc2n1C[C@@H]1CN(Cc3cccc(F)c3)C[C@H]1C2. The van der Waals surface area contributed by atoms with Gasteiger partial charge in [-0.3, -0.25) is 9.69 Å². The second-order valence-corrected chi connectivity index (χ2v) is 7.85. The van der Waals surface area contributed by atoms with E-state index in [2.05, 4.69) is 20.4 Å². The fourth-order valence-corrected chi connectivity index (χ4v) is 4.29. The van der Waals surface area contributed by atoms with E-state index in [-0.39, 0.29) is 11.7 Å². The van der Waals surface area contributed by atoms with Crippen LogP contribution in [0.15, 0.2) is 24.3 Å². The van der Waals surface area contributed by atoms with Gasteiger partial charge in [0, 0.05) is 38.6 Å². The zero-order chi connectivity index (χ0) is 17.7. The first-order chi connectivity index (χ1) is 12.7. The molecule has 7 heteroatoms. The van der Waals surface area contributed by atoms with Gasteiger partial charge in [0.1, 0.15) is 11.6 Å². The third-order valence-corrected chi connectivity index (χ3v) is 5.75. The number of nitrogens with one attached hydrogen (secondary N) is 1. The number of hydrogen-bond acceptors (Lipinski definition) is 4. The first kappa shape index (κ1) is 15.9. The van der Waals surface area contributed by atoms with E-state index in [1.54, 1.807) is 12.1 Å². The number of carbonyl (C=O) groups is 1. The van der Waals surface area contributed by atoms with Crippen LogP contribution in [0, 0.1) is 17.7 Å². The van der Waals surface area contributed by atoms with Crippen molar-refractivity contribution in [3.63, 3.8) is 0 Å². The lowest BCUT2D eigenvalue weighted by Gasteiger charge is -2.25. The van der Waals surface area contributed by atoms with E-state index in [1.165, 1.54) is 6.07 Å². The van der Waals surface area contributed by atoms with Crippen LogP contribution in [0.2, 0.25) is 0 Å². The molecule has 5 rings (SSSR count). The fourth-order valence-electron chi connectivity index (χ4n) is 4.29. The Morgan fingerprint density at radius 3 is 2.85 bits per heavy atom. The summed E-state index contributed by atoms with van der Waals surface area (Å²) in [6.07, 6.45) is 2.98. The molecule has 2 atom stereocenters. The Morgan fingerprint density at radius 1 is 1.19 bits per heavy atom. The summed E-state index contributed by atoms with van der Waals surface area (Å²) in [6, 6.07) is 7.14. The number of likely N-dealkylation sites (tertiary alicyclic amines) is 1. The summed E-state index contributed by atoms with van der Waals surface area (Å²) in [5.74, 6) is 2.10. The zero-order valence-corrected chi connectivity index (χ0v) is 14.6. The number of fused-ring (bicyclic) bond motifs is 2. The Morgan fingerprint density at radius 2 is 2.04 bits per heavy atom. The first-order valence-electron chi connectivity index (χ1n) is 9.35. The first-order valence-corrected chi connectivity index (χ1v) is 9.35. The number of hydrogen-bond donors (Lipinski definition) is 1. The minimum absolute atomic E-state index is 0.0979. The molecule has 1 aromatic heterocycles. The van der Waals surface area contributed by atoms with Crippen molar-refractivity contribution in [3.8, 4) is 0 Å². The van der Waals surface area contributed by atoms with Crippen molar-refractivity contribution >= 4 is 5.91 Å². The Hall–Kier alpha value is -2.28. The molecule has 1 saturated heterocycles. The van der Waals surface area contributed by atoms with E-state index >= 15 is 0 Å². The molecule has 0 spiro atoms. The zero-order valence-electron chi connectivity index (χ0n) is 14.6. The highest BCUT2D eigenvalue weighted by molar-refractivity contribution is 5.91. The highest BCUT2D eigenvalue weighted by atomic mass is 19.1. The molecule has 1 saturated carbocycles. The van der Waals surface area contributed by atoms with Crippen LogP contribution in [-0.2, 0) is 19.5 Å². The van der Waals surface area contributed by atoms with Crippen molar-refractivity contribution in [1.29, 1.82) is 0 Å². The third-order valence-electron chi connectivity index (χ3n) is 5.75. The summed E-state index contributed by atoms with van der Waals surface area (Å²) in [5, 5.41) is 11.4. The predicted octanol–water partition coefficient (Wildman–Crippen LogP) is 1.61. The monoisotopic (exact) mass is 355 g/mol. The minimum Gasteiger partial charge on any atom is -0.347 e. The molecule has 0 bridgehead atoms. The summed E-state index contributed by atoms with van der Waals surface area (Å²) in [7, 11) is 0. The molecule has 3 aliphatic rings. The number of amides is 1. The average molecular weight is 355 g/mol. The van der Waals surface area contributed by atoms with E-state index in [0.717, 1.165) is 56.8 Å². The molecule has 1 N–H and O–H groups in total. The summed E-state index contributed by atoms with van der Waals surface area (Å²) in [4.78, 5) is 14.8. The van der Waals surface area contributed by atoms with Gasteiger partial charge in [0.15, 0.2) is 0 Å². The van der Waals surface area contributed by atoms with E-state index in [1.807, 2.05) is 10.6 Å². The molecule has 6 nitrogen and oxygen atoms in total. The topological polar surface area (TPSA) is 63.1 Å². The highest BCUT2D eigenvalue weighted by Gasteiger charge is 2.39. The molecule has 0 unspecified atom stereocenters. The van der Waals surface area contributed by atoms with Gasteiger partial charge in [0.25, 0.3) is 5.91 Å². The van der Waals surface area contributed by atoms with Crippen molar-refractivity contribution in [3.05, 3.63) is 47.3 Å². The van der Waals surface area contributed by atoms with Gasteiger partial charge in [-0.05, 0) is 42.4 Å². The van der Waals surface area contributed by atoms with Crippen molar-refractivity contribution in [2.75, 3.05) is 13.1 Å². The van der Waals surface area contributed by atoms with Crippen LogP contribution in [0.3, 0.4) is 0 Å². The summed E-state index contributed by atoms with van der Waals surface area (Å²) >= 11 is 0. The smallest absolute Gasteiger partial charge is 0.289 e. The van der Waals surface area contributed by atoms with Gasteiger partial charge in [-0.2, -0.15) is 0 Å². The summed E-state index contributed by atoms with van der Waals surface area (Å²) < 4.78 is 15.4. The van der Waals surface area contributed by atoms with Crippen LogP contribution in [0.5, 0.6) is 0 Å². The Labute approximate surface area is 151 Å². The van der Waals surface area contributed by atoms with Crippen LogP contribution in [0.25, 0.3) is 0 Å². The van der Waals surface area contributed by atoms with Crippen molar-refractivity contribution < 1.29 is 9.18 Å². The summed E-state index contributed by atoms with van der Waals surface area (Å²) in [6.45, 7) is 3.50. The van der Waals surface area contributed by atoms with Crippen molar-refractivity contribution in [2.24, 2.45) is 11.8 Å². The summed E-state index contributed by atoms with van der Waals surface area (Å²) in [5.41, 5.74) is 1.01. The number of carbonyl (C=O) groups excluding carboxylic acids is 1. The van der Waals surface area contributed by atoms with Gasteiger partial charge in [-0.15, -0.1) is 10.2 Å². The molecule has 2 aromatic rings. The molecule has 2 fully saturated rings. The largest absolute Gasteiger partial charge is 0.347 e.